The number of methoxy groups -OCH3 is 2. The molecule has 0 saturated heterocycles. The first-order valence-corrected chi connectivity index (χ1v) is 10.6. The lowest BCUT2D eigenvalue weighted by Crippen LogP contribution is -2.43. The second-order valence-corrected chi connectivity index (χ2v) is 10.2. The van der Waals surface area contributed by atoms with Crippen molar-refractivity contribution in [3.63, 3.8) is 0 Å². The molecule has 0 radical (unpaired) electrons. The average Bonchev–Trinajstić information content (AvgIpc) is 2.66. The van der Waals surface area contributed by atoms with E-state index >= 15 is 0 Å². The summed E-state index contributed by atoms with van der Waals surface area (Å²) in [6.07, 6.45) is 13.2. The van der Waals surface area contributed by atoms with E-state index in [0.29, 0.717) is 0 Å². The van der Waals surface area contributed by atoms with Crippen molar-refractivity contribution >= 4 is 11.6 Å². The average molecular weight is 417 g/mol. The van der Waals surface area contributed by atoms with Gasteiger partial charge in [0.15, 0.2) is 11.6 Å². The molecule has 0 amide bonds. The largest absolute Gasteiger partial charge is 0.373 e. The Kier molecular flexibility index (Phi) is 8.38. The molecule has 2 unspecified atom stereocenters. The van der Waals surface area contributed by atoms with Crippen molar-refractivity contribution in [1.82, 2.24) is 0 Å². The van der Waals surface area contributed by atoms with Crippen LogP contribution in [-0.4, -0.2) is 37.0 Å². The fraction of sp³-hybridized carbons (Fsp3) is 0.615. The number of hydrogen-bond donors (Lipinski definition) is 0. The monoisotopic (exact) mass is 416 g/mol. The summed E-state index contributed by atoms with van der Waals surface area (Å²) < 4.78 is 11.3. The number of allylic oxidation sites excluding steroid dienone is 4. The zero-order valence-corrected chi connectivity index (χ0v) is 20.5. The van der Waals surface area contributed by atoms with Crippen LogP contribution >= 0.6 is 0 Å². The molecule has 2 aliphatic carbocycles. The van der Waals surface area contributed by atoms with Gasteiger partial charge in [0, 0.05) is 25.4 Å². The van der Waals surface area contributed by atoms with Crippen LogP contribution in [0.15, 0.2) is 47.6 Å². The van der Waals surface area contributed by atoms with Crippen LogP contribution in [0.2, 0.25) is 0 Å². The molecule has 168 valence electrons. The molecule has 0 spiro atoms. The highest BCUT2D eigenvalue weighted by atomic mass is 16.5. The number of hydrogen-bond acceptors (Lipinski definition) is 4. The van der Waals surface area contributed by atoms with Crippen LogP contribution in [0.4, 0.5) is 0 Å². The van der Waals surface area contributed by atoms with E-state index in [1.165, 1.54) is 0 Å². The smallest absolute Gasteiger partial charge is 0.159 e. The van der Waals surface area contributed by atoms with Crippen LogP contribution in [0.1, 0.15) is 68.2 Å². The fourth-order valence-corrected chi connectivity index (χ4v) is 3.79. The van der Waals surface area contributed by atoms with Gasteiger partial charge in [-0.15, -0.1) is 0 Å². The van der Waals surface area contributed by atoms with Gasteiger partial charge in [-0.1, -0.05) is 78.0 Å². The molecule has 0 heterocycles. The highest BCUT2D eigenvalue weighted by Crippen LogP contribution is 2.41. The number of carbonyl (C=O) groups is 2. The summed E-state index contributed by atoms with van der Waals surface area (Å²) in [6.45, 7) is 16.1. The van der Waals surface area contributed by atoms with E-state index in [1.807, 2.05) is 36.5 Å². The zero-order valence-electron chi connectivity index (χ0n) is 20.5. The summed E-state index contributed by atoms with van der Waals surface area (Å²) in [7, 11) is 3.45. The van der Waals surface area contributed by atoms with E-state index in [4.69, 9.17) is 9.47 Å². The van der Waals surface area contributed by atoms with Gasteiger partial charge in [0.25, 0.3) is 0 Å². The van der Waals surface area contributed by atoms with Gasteiger partial charge in [-0.2, -0.15) is 0 Å². The first kappa shape index (κ1) is 26.3. The topological polar surface area (TPSA) is 52.6 Å². The summed E-state index contributed by atoms with van der Waals surface area (Å²) in [5.41, 5.74) is 1.05. The quantitative estimate of drug-likeness (QED) is 0.582. The fourth-order valence-electron chi connectivity index (χ4n) is 3.79. The number of rotatable bonds is 4. The molecule has 0 aromatic rings. The van der Waals surface area contributed by atoms with E-state index < -0.39 is 0 Å². The minimum absolute atomic E-state index is 0.0249. The molecule has 2 aliphatic rings. The van der Waals surface area contributed by atoms with Gasteiger partial charge in [0.05, 0.1) is 11.2 Å². The molecule has 0 bridgehead atoms. The number of ether oxygens (including phenoxy) is 2. The lowest BCUT2D eigenvalue weighted by atomic mass is 9.72. The summed E-state index contributed by atoms with van der Waals surface area (Å²) in [4.78, 5) is 22.4. The predicted octanol–water partition coefficient (Wildman–Crippen LogP) is 5.79. The molecule has 0 saturated carbocycles. The Hall–Kier alpha value is -1.78. The van der Waals surface area contributed by atoms with E-state index in [2.05, 4.69) is 41.5 Å². The molecule has 0 aliphatic heterocycles. The predicted molar refractivity (Wildman–Crippen MR) is 123 cm³/mol. The van der Waals surface area contributed by atoms with Crippen molar-refractivity contribution in [2.24, 2.45) is 10.8 Å². The second-order valence-electron chi connectivity index (χ2n) is 10.2. The highest BCUT2D eigenvalue weighted by Gasteiger charge is 2.41. The standard InChI is InChI=1S/2C13H20O2/c2*1-10(14)11-6-8-13(15-5,9-7-11)12(2,3)4/h2*6-8H,9H2,1-5H3. The third-order valence-electron chi connectivity index (χ3n) is 6.40. The Labute approximate surface area is 183 Å². The molecule has 0 aromatic carbocycles. The molecular formula is C26H40O4. The maximum atomic E-state index is 11.2. The first-order valence-electron chi connectivity index (χ1n) is 10.6. The van der Waals surface area contributed by atoms with Crippen LogP contribution in [0, 0.1) is 10.8 Å². The molecule has 2 atom stereocenters. The van der Waals surface area contributed by atoms with Crippen molar-refractivity contribution in [1.29, 1.82) is 0 Å². The van der Waals surface area contributed by atoms with Crippen LogP contribution in [-0.2, 0) is 19.1 Å². The van der Waals surface area contributed by atoms with Gasteiger partial charge >= 0.3 is 0 Å². The molecule has 30 heavy (non-hydrogen) atoms. The zero-order chi connectivity index (χ0) is 23.4. The minimum atomic E-state index is -0.286. The van der Waals surface area contributed by atoms with Gasteiger partial charge in [-0.3, -0.25) is 9.59 Å². The summed E-state index contributed by atoms with van der Waals surface area (Å²) >= 11 is 0. The minimum Gasteiger partial charge on any atom is -0.373 e. The number of Topliss-reactive ketones (excluding diaryl/α,β-unsaturated/α-hetero) is 2. The Morgan fingerprint density at radius 3 is 1.17 bits per heavy atom. The Balaban J connectivity index is 0.000000300. The Morgan fingerprint density at radius 1 is 0.733 bits per heavy atom. The second kappa shape index (κ2) is 9.57. The first-order chi connectivity index (χ1) is 13.6. The lowest BCUT2D eigenvalue weighted by Gasteiger charge is -2.42. The Morgan fingerprint density at radius 2 is 1.03 bits per heavy atom. The summed E-state index contributed by atoms with van der Waals surface area (Å²) in [5.74, 6) is 0.231. The maximum absolute atomic E-state index is 11.2. The van der Waals surface area contributed by atoms with E-state index in [1.54, 1.807) is 28.1 Å². The molecule has 0 fully saturated rings. The number of carbonyl (C=O) groups excluding carboxylic acids is 2. The summed E-state index contributed by atoms with van der Waals surface area (Å²) in [5, 5.41) is 0. The van der Waals surface area contributed by atoms with Crippen LogP contribution in [0.25, 0.3) is 0 Å². The van der Waals surface area contributed by atoms with Gasteiger partial charge in [0.1, 0.15) is 0 Å². The van der Waals surface area contributed by atoms with Crippen LogP contribution < -0.4 is 0 Å². The summed E-state index contributed by atoms with van der Waals surface area (Å²) in [6, 6.07) is 0. The number of ketones is 2. The van der Waals surface area contributed by atoms with Crippen molar-refractivity contribution in [2.75, 3.05) is 14.2 Å². The van der Waals surface area contributed by atoms with Gasteiger partial charge in [0.2, 0.25) is 0 Å². The SMILES string of the molecule is COC1(C(C)(C)C)C=CC(C(C)=O)=CC1.COC1(C(C)(C)C)C=CC(C(C)=O)=CC1. The third-order valence-corrected chi connectivity index (χ3v) is 6.40. The van der Waals surface area contributed by atoms with Crippen molar-refractivity contribution < 1.29 is 19.1 Å². The van der Waals surface area contributed by atoms with Crippen molar-refractivity contribution in [3.05, 3.63) is 47.6 Å². The molecular weight excluding hydrogens is 376 g/mol. The molecule has 4 nitrogen and oxygen atoms in total. The van der Waals surface area contributed by atoms with Gasteiger partial charge in [-0.25, -0.2) is 0 Å². The molecule has 2 rings (SSSR count). The van der Waals surface area contributed by atoms with E-state index in [0.717, 1.165) is 24.0 Å². The van der Waals surface area contributed by atoms with Crippen LogP contribution in [0.5, 0.6) is 0 Å². The Bertz CT molecular complexity index is 702. The normalized spacial score (nSPS) is 26.3. The lowest BCUT2D eigenvalue weighted by molar-refractivity contribution is -0.114. The van der Waals surface area contributed by atoms with Gasteiger partial charge < -0.3 is 9.47 Å². The van der Waals surface area contributed by atoms with Crippen molar-refractivity contribution in [3.8, 4) is 0 Å². The van der Waals surface area contributed by atoms with E-state index in [-0.39, 0.29) is 33.6 Å². The van der Waals surface area contributed by atoms with E-state index in [9.17, 15) is 9.59 Å². The van der Waals surface area contributed by atoms with Crippen molar-refractivity contribution in [2.45, 2.75) is 79.4 Å². The van der Waals surface area contributed by atoms with Gasteiger partial charge in [-0.05, 0) is 37.5 Å². The highest BCUT2D eigenvalue weighted by molar-refractivity contribution is 5.96. The molecule has 4 heteroatoms. The third kappa shape index (κ3) is 5.67. The molecule has 0 aromatic heterocycles. The maximum Gasteiger partial charge on any atom is 0.159 e. The molecule has 0 N–H and O–H groups in total. The van der Waals surface area contributed by atoms with Crippen LogP contribution in [0.3, 0.4) is 0 Å².